The Hall–Kier alpha value is -2.62. The van der Waals surface area contributed by atoms with Crippen LogP contribution < -0.4 is 5.73 Å². The molecule has 0 radical (unpaired) electrons. The van der Waals surface area contributed by atoms with E-state index < -0.39 is 0 Å². The third-order valence-electron chi connectivity index (χ3n) is 5.42. The molecule has 0 heterocycles. The molecule has 2 aromatic carbocycles. The van der Waals surface area contributed by atoms with E-state index in [2.05, 4.69) is 26.0 Å². The van der Waals surface area contributed by atoms with Gasteiger partial charge in [0.25, 0.3) is 5.69 Å². The van der Waals surface area contributed by atoms with Crippen LogP contribution in [0.1, 0.15) is 69.9 Å². The highest BCUT2D eigenvalue weighted by Gasteiger charge is 2.12. The van der Waals surface area contributed by atoms with Crippen LogP contribution in [0.2, 0.25) is 0 Å². The highest BCUT2D eigenvalue weighted by atomic mass is 16.6. The molecule has 4 nitrogen and oxygen atoms in total. The summed E-state index contributed by atoms with van der Waals surface area (Å²) in [7, 11) is 0. The van der Waals surface area contributed by atoms with Crippen molar-refractivity contribution in [2.24, 2.45) is 11.7 Å². The Morgan fingerprint density at radius 2 is 1.61 bits per heavy atom. The minimum absolute atomic E-state index is 0.0829. The number of non-ortho nitro benzene ring substituents is 1. The highest BCUT2D eigenvalue weighted by Crippen LogP contribution is 2.30. The zero-order valence-corrected chi connectivity index (χ0v) is 17.1. The Labute approximate surface area is 168 Å². The molecule has 1 unspecified atom stereocenters. The predicted octanol–water partition coefficient (Wildman–Crippen LogP) is 6.81. The third-order valence-corrected chi connectivity index (χ3v) is 5.42. The molecule has 0 saturated heterocycles. The van der Waals surface area contributed by atoms with Crippen LogP contribution in [0, 0.1) is 16.0 Å². The van der Waals surface area contributed by atoms with Crippen molar-refractivity contribution in [3.63, 3.8) is 0 Å². The van der Waals surface area contributed by atoms with Gasteiger partial charge in [0.2, 0.25) is 0 Å². The lowest BCUT2D eigenvalue weighted by Gasteiger charge is -2.17. The number of hydrogen-bond acceptors (Lipinski definition) is 3. The van der Waals surface area contributed by atoms with Crippen molar-refractivity contribution in [2.45, 2.75) is 58.8 Å². The maximum atomic E-state index is 10.9. The third kappa shape index (κ3) is 6.22. The van der Waals surface area contributed by atoms with Crippen LogP contribution in [-0.2, 0) is 0 Å². The van der Waals surface area contributed by atoms with Gasteiger partial charge in [0, 0.05) is 17.8 Å². The molecule has 2 N–H and O–H groups in total. The molecule has 0 aliphatic heterocycles. The van der Waals surface area contributed by atoms with Crippen molar-refractivity contribution in [3.8, 4) is 0 Å². The fourth-order valence-corrected chi connectivity index (χ4v) is 3.62. The molecule has 0 spiro atoms. The van der Waals surface area contributed by atoms with Gasteiger partial charge in [-0.25, -0.2) is 0 Å². The summed E-state index contributed by atoms with van der Waals surface area (Å²) in [6.45, 7) is 4.52. The fraction of sp³-hybridized carbons (Fsp3) is 0.417. The molecule has 0 saturated carbocycles. The summed E-state index contributed by atoms with van der Waals surface area (Å²) >= 11 is 0. The molecular weight excluding hydrogens is 348 g/mol. The SMILES string of the molecule is CCCCC(CC)CCCC(=C(N)c1ccc([N+](=O)[O-])cc1)c1ccccc1. The first kappa shape index (κ1) is 21.7. The van der Waals surface area contributed by atoms with Crippen LogP contribution in [0.15, 0.2) is 54.6 Å². The number of benzene rings is 2. The largest absolute Gasteiger partial charge is 0.398 e. The van der Waals surface area contributed by atoms with Crippen molar-refractivity contribution in [2.75, 3.05) is 0 Å². The van der Waals surface area contributed by atoms with Crippen LogP contribution in [-0.4, -0.2) is 4.92 Å². The molecule has 4 heteroatoms. The summed E-state index contributed by atoms with van der Waals surface area (Å²) in [5.41, 5.74) is 10.4. The van der Waals surface area contributed by atoms with Gasteiger partial charge < -0.3 is 5.73 Å². The summed E-state index contributed by atoms with van der Waals surface area (Å²) in [5, 5.41) is 10.9. The topological polar surface area (TPSA) is 69.2 Å². The number of nitrogens with zero attached hydrogens (tertiary/aromatic N) is 1. The van der Waals surface area contributed by atoms with Crippen LogP contribution in [0.3, 0.4) is 0 Å². The van der Waals surface area contributed by atoms with Gasteiger partial charge in [0.1, 0.15) is 0 Å². The highest BCUT2D eigenvalue weighted by molar-refractivity contribution is 5.89. The van der Waals surface area contributed by atoms with Crippen molar-refractivity contribution in [3.05, 3.63) is 75.8 Å². The molecule has 0 aromatic heterocycles. The summed E-state index contributed by atoms with van der Waals surface area (Å²) in [4.78, 5) is 10.5. The Kier molecular flexibility index (Phi) is 8.73. The monoisotopic (exact) mass is 380 g/mol. The van der Waals surface area contributed by atoms with Crippen LogP contribution in [0.5, 0.6) is 0 Å². The standard InChI is InChI=1S/C24H32N2O2/c1-3-5-10-19(4-2)11-9-14-23(20-12-7-6-8-13-20)24(25)21-15-17-22(18-16-21)26(27)28/h6-8,12-13,15-19H,3-5,9-11,14,25H2,1-2H3. The minimum Gasteiger partial charge on any atom is -0.398 e. The van der Waals surface area contributed by atoms with Gasteiger partial charge in [0.15, 0.2) is 0 Å². The second-order valence-electron chi connectivity index (χ2n) is 7.37. The van der Waals surface area contributed by atoms with Gasteiger partial charge in [-0.2, -0.15) is 0 Å². The zero-order valence-electron chi connectivity index (χ0n) is 17.1. The number of nitro benzene ring substituents is 1. The average Bonchev–Trinajstić information content (AvgIpc) is 2.73. The lowest BCUT2D eigenvalue weighted by molar-refractivity contribution is -0.384. The van der Waals surface area contributed by atoms with Gasteiger partial charge in [-0.1, -0.05) is 76.3 Å². The molecular formula is C24H32N2O2. The molecule has 0 bridgehead atoms. The smallest absolute Gasteiger partial charge is 0.269 e. The number of unbranched alkanes of at least 4 members (excludes halogenated alkanes) is 1. The molecule has 0 aliphatic rings. The maximum absolute atomic E-state index is 10.9. The first-order chi connectivity index (χ1) is 13.6. The molecule has 2 rings (SSSR count). The number of rotatable bonds is 11. The Morgan fingerprint density at radius 3 is 2.18 bits per heavy atom. The van der Waals surface area contributed by atoms with E-state index in [-0.39, 0.29) is 10.6 Å². The van der Waals surface area contributed by atoms with Crippen molar-refractivity contribution in [1.82, 2.24) is 0 Å². The van der Waals surface area contributed by atoms with Crippen LogP contribution in [0.4, 0.5) is 5.69 Å². The van der Waals surface area contributed by atoms with Gasteiger partial charge in [-0.15, -0.1) is 0 Å². The molecule has 0 aliphatic carbocycles. The Bertz CT molecular complexity index is 767. The molecule has 2 aromatic rings. The van der Waals surface area contributed by atoms with Gasteiger partial charge in [0.05, 0.1) is 4.92 Å². The lowest BCUT2D eigenvalue weighted by Crippen LogP contribution is -2.04. The quantitative estimate of drug-likeness (QED) is 0.264. The number of allylic oxidation sites excluding steroid dienone is 1. The van der Waals surface area contributed by atoms with Crippen molar-refractivity contribution in [1.29, 1.82) is 0 Å². The van der Waals surface area contributed by atoms with Crippen molar-refractivity contribution < 1.29 is 4.92 Å². The first-order valence-corrected chi connectivity index (χ1v) is 10.4. The molecule has 150 valence electrons. The van der Waals surface area contributed by atoms with Crippen LogP contribution >= 0.6 is 0 Å². The summed E-state index contributed by atoms with van der Waals surface area (Å²) in [6, 6.07) is 16.7. The summed E-state index contributed by atoms with van der Waals surface area (Å²) < 4.78 is 0. The maximum Gasteiger partial charge on any atom is 0.269 e. The number of hydrogen-bond donors (Lipinski definition) is 1. The van der Waals surface area contributed by atoms with E-state index in [4.69, 9.17) is 5.73 Å². The average molecular weight is 381 g/mol. The summed E-state index contributed by atoms with van der Waals surface area (Å²) in [6.07, 6.45) is 8.29. The van der Waals surface area contributed by atoms with E-state index in [9.17, 15) is 10.1 Å². The van der Waals surface area contributed by atoms with E-state index in [0.717, 1.165) is 35.5 Å². The molecule has 0 fully saturated rings. The molecule has 0 amide bonds. The van der Waals surface area contributed by atoms with E-state index in [1.54, 1.807) is 12.1 Å². The number of nitro groups is 1. The lowest BCUT2D eigenvalue weighted by atomic mass is 9.90. The minimum atomic E-state index is -0.386. The van der Waals surface area contributed by atoms with Gasteiger partial charge >= 0.3 is 0 Å². The van der Waals surface area contributed by atoms with E-state index >= 15 is 0 Å². The normalized spacial score (nSPS) is 13.1. The van der Waals surface area contributed by atoms with E-state index in [1.807, 2.05) is 18.2 Å². The fourth-order valence-electron chi connectivity index (χ4n) is 3.62. The Balaban J connectivity index is 2.21. The zero-order chi connectivity index (χ0) is 20.4. The van der Waals surface area contributed by atoms with E-state index in [0.29, 0.717) is 5.70 Å². The molecule has 28 heavy (non-hydrogen) atoms. The number of nitrogens with two attached hydrogens (primary N) is 1. The predicted molar refractivity (Wildman–Crippen MR) is 118 cm³/mol. The molecule has 1 atom stereocenters. The van der Waals surface area contributed by atoms with Gasteiger partial charge in [-0.05, 0) is 47.6 Å². The second kappa shape index (κ2) is 11.3. The first-order valence-electron chi connectivity index (χ1n) is 10.4. The van der Waals surface area contributed by atoms with E-state index in [1.165, 1.54) is 44.2 Å². The Morgan fingerprint density at radius 1 is 0.964 bits per heavy atom. The second-order valence-corrected chi connectivity index (χ2v) is 7.37. The summed E-state index contributed by atoms with van der Waals surface area (Å²) in [5.74, 6) is 0.776. The van der Waals surface area contributed by atoms with Crippen molar-refractivity contribution >= 4 is 17.0 Å². The van der Waals surface area contributed by atoms with Gasteiger partial charge in [-0.3, -0.25) is 10.1 Å². The van der Waals surface area contributed by atoms with Crippen LogP contribution in [0.25, 0.3) is 11.3 Å².